The molecule has 1 heterocycles. The van der Waals surface area contributed by atoms with Crippen LogP contribution in [0.3, 0.4) is 0 Å². The van der Waals surface area contributed by atoms with Crippen LogP contribution >= 0.6 is 15.9 Å². The van der Waals surface area contributed by atoms with Gasteiger partial charge in [0.15, 0.2) is 0 Å². The molecule has 0 aliphatic heterocycles. The number of hydrogen-bond acceptors (Lipinski definition) is 3. The number of benzene rings is 1. The lowest BCUT2D eigenvalue weighted by molar-refractivity contribution is 0.102. The maximum Gasteiger partial charge on any atom is 0.257 e. The zero-order chi connectivity index (χ0) is 13.1. The summed E-state index contributed by atoms with van der Waals surface area (Å²) in [5, 5.41) is 2.81. The van der Waals surface area contributed by atoms with Crippen LogP contribution in [0.4, 0.5) is 11.5 Å². The fourth-order valence-electron chi connectivity index (χ4n) is 1.46. The molecule has 0 saturated carbocycles. The highest BCUT2D eigenvalue weighted by Gasteiger charge is 2.08. The van der Waals surface area contributed by atoms with Crippen molar-refractivity contribution >= 4 is 33.3 Å². The summed E-state index contributed by atoms with van der Waals surface area (Å²) >= 11 is 3.41. The number of nitrogens with zero attached hydrogens (tertiary/aromatic N) is 1. The van der Waals surface area contributed by atoms with Gasteiger partial charge in [0.25, 0.3) is 5.91 Å². The molecule has 18 heavy (non-hydrogen) atoms. The molecule has 1 aromatic carbocycles. The molecule has 2 rings (SSSR count). The molecule has 2 aromatic rings. The molecule has 3 N–H and O–H groups in total. The number of rotatable bonds is 2. The number of aromatic nitrogens is 1. The zero-order valence-electron chi connectivity index (χ0n) is 9.77. The van der Waals surface area contributed by atoms with Gasteiger partial charge in [-0.2, -0.15) is 0 Å². The van der Waals surface area contributed by atoms with Crippen molar-refractivity contribution in [3.05, 3.63) is 52.1 Å². The van der Waals surface area contributed by atoms with Crippen molar-refractivity contribution in [2.24, 2.45) is 0 Å². The van der Waals surface area contributed by atoms with Gasteiger partial charge in [-0.15, -0.1) is 0 Å². The largest absolute Gasteiger partial charge is 0.384 e. The topological polar surface area (TPSA) is 68.0 Å². The van der Waals surface area contributed by atoms with E-state index >= 15 is 0 Å². The van der Waals surface area contributed by atoms with Gasteiger partial charge in [0.2, 0.25) is 0 Å². The maximum absolute atomic E-state index is 11.9. The van der Waals surface area contributed by atoms with E-state index in [4.69, 9.17) is 5.73 Å². The fraction of sp³-hybridized carbons (Fsp3) is 0.0769. The smallest absolute Gasteiger partial charge is 0.257 e. The third kappa shape index (κ3) is 2.87. The summed E-state index contributed by atoms with van der Waals surface area (Å²) in [7, 11) is 0. The van der Waals surface area contributed by atoms with E-state index in [1.165, 1.54) is 6.20 Å². The first-order valence-electron chi connectivity index (χ1n) is 5.35. The van der Waals surface area contributed by atoms with Crippen LogP contribution in [0.2, 0.25) is 0 Å². The van der Waals surface area contributed by atoms with Crippen molar-refractivity contribution in [3.8, 4) is 0 Å². The van der Waals surface area contributed by atoms with E-state index in [1.54, 1.807) is 12.1 Å². The first-order chi connectivity index (χ1) is 8.56. The summed E-state index contributed by atoms with van der Waals surface area (Å²) in [5.74, 6) is 0.176. The molecule has 0 radical (unpaired) electrons. The number of halogens is 1. The lowest BCUT2D eigenvalue weighted by atomic mass is 10.2. The molecule has 0 unspecified atom stereocenters. The lowest BCUT2D eigenvalue weighted by Crippen LogP contribution is -2.12. The number of pyridine rings is 1. The summed E-state index contributed by atoms with van der Waals surface area (Å²) in [5.41, 5.74) is 7.78. The van der Waals surface area contributed by atoms with Gasteiger partial charge in [0, 0.05) is 10.7 Å². The van der Waals surface area contributed by atoms with Gasteiger partial charge >= 0.3 is 0 Å². The maximum atomic E-state index is 11.9. The monoisotopic (exact) mass is 305 g/mol. The second kappa shape index (κ2) is 5.18. The van der Waals surface area contributed by atoms with E-state index in [-0.39, 0.29) is 5.91 Å². The SMILES string of the molecule is Cc1ccc(NC(=O)c2ccc(N)nc2)c(Br)c1. The Morgan fingerprint density at radius 3 is 2.72 bits per heavy atom. The Morgan fingerprint density at radius 2 is 2.11 bits per heavy atom. The minimum Gasteiger partial charge on any atom is -0.384 e. The molecule has 0 aliphatic carbocycles. The van der Waals surface area contributed by atoms with Gasteiger partial charge in [0.05, 0.1) is 11.3 Å². The van der Waals surface area contributed by atoms with Crippen molar-refractivity contribution in [2.45, 2.75) is 6.92 Å². The first kappa shape index (κ1) is 12.6. The number of nitrogens with one attached hydrogen (secondary N) is 1. The Hall–Kier alpha value is -1.88. The number of amides is 1. The summed E-state index contributed by atoms with van der Waals surface area (Å²) in [6.45, 7) is 1.99. The van der Waals surface area contributed by atoms with Crippen molar-refractivity contribution in [3.63, 3.8) is 0 Å². The average Bonchev–Trinajstić information content (AvgIpc) is 2.33. The molecular weight excluding hydrogens is 294 g/mol. The third-order valence-corrected chi connectivity index (χ3v) is 3.08. The van der Waals surface area contributed by atoms with Gasteiger partial charge in [0.1, 0.15) is 5.82 Å². The van der Waals surface area contributed by atoms with Crippen LogP contribution in [0.5, 0.6) is 0 Å². The third-order valence-electron chi connectivity index (χ3n) is 2.42. The number of aryl methyl sites for hydroxylation is 1. The van der Waals surface area contributed by atoms with Gasteiger partial charge in [-0.1, -0.05) is 6.07 Å². The van der Waals surface area contributed by atoms with Crippen LogP contribution in [0.1, 0.15) is 15.9 Å². The van der Waals surface area contributed by atoms with Gasteiger partial charge in [-0.05, 0) is 52.7 Å². The van der Waals surface area contributed by atoms with E-state index in [2.05, 4.69) is 26.2 Å². The molecule has 0 aliphatic rings. The molecular formula is C13H12BrN3O. The fourth-order valence-corrected chi connectivity index (χ4v) is 2.05. The Labute approximate surface area is 113 Å². The summed E-state index contributed by atoms with van der Waals surface area (Å²) in [6.07, 6.45) is 1.45. The quantitative estimate of drug-likeness (QED) is 0.896. The Morgan fingerprint density at radius 1 is 1.33 bits per heavy atom. The number of carbonyl (C=O) groups is 1. The number of hydrogen-bond donors (Lipinski definition) is 2. The van der Waals surface area contributed by atoms with E-state index in [0.717, 1.165) is 15.7 Å². The Bertz CT molecular complexity index is 581. The molecule has 1 aromatic heterocycles. The second-order valence-electron chi connectivity index (χ2n) is 3.91. The lowest BCUT2D eigenvalue weighted by Gasteiger charge is -2.08. The molecule has 0 bridgehead atoms. The molecule has 92 valence electrons. The molecule has 0 spiro atoms. The summed E-state index contributed by atoms with van der Waals surface area (Å²) < 4.78 is 0.847. The number of nitrogens with two attached hydrogens (primary N) is 1. The van der Waals surface area contributed by atoms with Crippen LogP contribution in [0.25, 0.3) is 0 Å². The van der Waals surface area contributed by atoms with Gasteiger partial charge in [-0.3, -0.25) is 4.79 Å². The highest BCUT2D eigenvalue weighted by Crippen LogP contribution is 2.23. The summed E-state index contributed by atoms with van der Waals surface area (Å²) in [6, 6.07) is 8.96. The molecule has 0 atom stereocenters. The minimum absolute atomic E-state index is 0.216. The molecule has 0 saturated heterocycles. The highest BCUT2D eigenvalue weighted by molar-refractivity contribution is 9.10. The predicted molar refractivity (Wildman–Crippen MR) is 75.5 cm³/mol. The molecule has 4 nitrogen and oxygen atoms in total. The van der Waals surface area contributed by atoms with Crippen LogP contribution < -0.4 is 11.1 Å². The van der Waals surface area contributed by atoms with E-state index in [0.29, 0.717) is 11.4 Å². The van der Waals surface area contributed by atoms with Gasteiger partial charge in [-0.25, -0.2) is 4.98 Å². The van der Waals surface area contributed by atoms with E-state index in [1.807, 2.05) is 25.1 Å². The number of carbonyl (C=O) groups excluding carboxylic acids is 1. The minimum atomic E-state index is -0.216. The molecule has 0 fully saturated rings. The molecule has 5 heteroatoms. The predicted octanol–water partition coefficient (Wildman–Crippen LogP) is 2.99. The van der Waals surface area contributed by atoms with Crippen LogP contribution in [0.15, 0.2) is 41.0 Å². The van der Waals surface area contributed by atoms with Gasteiger partial charge < -0.3 is 11.1 Å². The van der Waals surface area contributed by atoms with Crippen molar-refractivity contribution in [1.29, 1.82) is 0 Å². The normalized spacial score (nSPS) is 10.1. The van der Waals surface area contributed by atoms with Crippen LogP contribution in [-0.2, 0) is 0 Å². The average molecular weight is 306 g/mol. The number of nitrogen functional groups attached to an aromatic ring is 1. The van der Waals surface area contributed by atoms with Crippen molar-refractivity contribution in [1.82, 2.24) is 4.98 Å². The van der Waals surface area contributed by atoms with Crippen LogP contribution in [0, 0.1) is 6.92 Å². The standard InChI is InChI=1S/C13H12BrN3O/c1-8-2-4-11(10(14)6-8)17-13(18)9-3-5-12(15)16-7-9/h2-7H,1H3,(H2,15,16)(H,17,18). The Balaban J connectivity index is 2.18. The molecule has 1 amide bonds. The second-order valence-corrected chi connectivity index (χ2v) is 4.76. The first-order valence-corrected chi connectivity index (χ1v) is 6.14. The number of anilines is 2. The highest BCUT2D eigenvalue weighted by atomic mass is 79.9. The zero-order valence-corrected chi connectivity index (χ0v) is 11.4. The van der Waals surface area contributed by atoms with Crippen molar-refractivity contribution in [2.75, 3.05) is 11.1 Å². The van der Waals surface area contributed by atoms with Crippen molar-refractivity contribution < 1.29 is 4.79 Å². The van der Waals surface area contributed by atoms with Crippen LogP contribution in [-0.4, -0.2) is 10.9 Å². The summed E-state index contributed by atoms with van der Waals surface area (Å²) in [4.78, 5) is 15.8. The Kier molecular flexibility index (Phi) is 3.62. The van der Waals surface area contributed by atoms with E-state index < -0.39 is 0 Å². The van der Waals surface area contributed by atoms with E-state index in [9.17, 15) is 4.79 Å².